The number of carbonyl (C=O) groups is 3. The van der Waals surface area contributed by atoms with E-state index in [4.69, 9.17) is 5.73 Å². The average molecular weight is 503 g/mol. The number of likely N-dealkylation sites (N-methyl/N-ethyl adjacent to an activating group) is 1. The van der Waals surface area contributed by atoms with E-state index in [0.717, 1.165) is 11.1 Å². The summed E-state index contributed by atoms with van der Waals surface area (Å²) in [6, 6.07) is 14.2. The number of benzene rings is 2. The molecule has 10 heteroatoms. The summed E-state index contributed by atoms with van der Waals surface area (Å²) in [7, 11) is 0.502. The molecule has 0 bridgehead atoms. The summed E-state index contributed by atoms with van der Waals surface area (Å²) in [5.41, 5.74) is 7.87. The fourth-order valence-corrected chi connectivity index (χ4v) is 3.86. The molecular formula is C25H34N4O5S. The van der Waals surface area contributed by atoms with Crippen LogP contribution < -0.4 is 16.4 Å². The van der Waals surface area contributed by atoms with Gasteiger partial charge >= 0.3 is 0 Å². The van der Waals surface area contributed by atoms with Crippen molar-refractivity contribution in [2.75, 3.05) is 32.1 Å². The predicted molar refractivity (Wildman–Crippen MR) is 136 cm³/mol. The van der Waals surface area contributed by atoms with Crippen molar-refractivity contribution < 1.29 is 23.7 Å². The molecule has 0 saturated carbocycles. The Kier molecular flexibility index (Phi) is 11.4. The molecule has 0 aliphatic heterocycles. The Morgan fingerprint density at radius 3 is 2.31 bits per heavy atom. The van der Waals surface area contributed by atoms with Crippen molar-refractivity contribution in [2.24, 2.45) is 5.73 Å². The summed E-state index contributed by atoms with van der Waals surface area (Å²) in [6.07, 6.45) is 2.56. The van der Waals surface area contributed by atoms with E-state index in [2.05, 4.69) is 10.6 Å². The van der Waals surface area contributed by atoms with Gasteiger partial charge in [-0.1, -0.05) is 42.5 Å². The second-order valence-electron chi connectivity index (χ2n) is 8.37. The van der Waals surface area contributed by atoms with Crippen molar-refractivity contribution in [1.82, 2.24) is 15.5 Å². The van der Waals surface area contributed by atoms with E-state index in [-0.39, 0.29) is 36.8 Å². The van der Waals surface area contributed by atoms with Crippen LogP contribution in [0.3, 0.4) is 0 Å². The fourth-order valence-electron chi connectivity index (χ4n) is 3.30. The van der Waals surface area contributed by atoms with E-state index >= 15 is 0 Å². The Balaban J connectivity index is 1.88. The number of aromatic hydroxyl groups is 1. The highest BCUT2D eigenvalue weighted by Crippen LogP contribution is 2.11. The van der Waals surface area contributed by atoms with Gasteiger partial charge in [-0.25, -0.2) is 0 Å². The zero-order chi connectivity index (χ0) is 25.8. The van der Waals surface area contributed by atoms with Crippen LogP contribution in [0, 0.1) is 0 Å². The zero-order valence-electron chi connectivity index (χ0n) is 20.1. The first-order chi connectivity index (χ1) is 16.7. The van der Waals surface area contributed by atoms with Crippen molar-refractivity contribution in [3.05, 3.63) is 65.7 Å². The molecule has 0 aliphatic rings. The maximum Gasteiger partial charge on any atom is 0.243 e. The normalized spacial score (nSPS) is 13.3. The standard InChI is InChI=1S/C25H34N4O5S/c1-29(14-12-18-6-4-3-5-7-18)23(31)17-27-25(33)22(13-15-35(2)34)28-24(32)21(26)16-19-8-10-20(30)11-9-19/h3-11,21-22,30H,12-17,26H2,1-2H3,(H,27,33)(H,28,32)/t21-,22+,35?/m0/s1. The molecule has 35 heavy (non-hydrogen) atoms. The van der Waals surface area contributed by atoms with Crippen LogP contribution >= 0.6 is 0 Å². The van der Waals surface area contributed by atoms with Gasteiger partial charge in [0.05, 0.1) is 12.6 Å². The Hall–Kier alpha value is -3.24. The summed E-state index contributed by atoms with van der Waals surface area (Å²) in [6.45, 7) is 0.283. The van der Waals surface area contributed by atoms with Crippen LogP contribution in [-0.2, 0) is 38.0 Å². The number of phenolic OH excluding ortho intramolecular Hbond substituents is 1. The van der Waals surface area contributed by atoms with E-state index in [1.165, 1.54) is 23.3 Å². The Morgan fingerprint density at radius 2 is 1.69 bits per heavy atom. The lowest BCUT2D eigenvalue weighted by molar-refractivity contribution is -0.133. The molecule has 0 aliphatic carbocycles. The Morgan fingerprint density at radius 1 is 1.03 bits per heavy atom. The second kappa shape index (κ2) is 14.2. The second-order valence-corrected chi connectivity index (χ2v) is 9.93. The highest BCUT2D eigenvalue weighted by Gasteiger charge is 2.25. The van der Waals surface area contributed by atoms with Gasteiger partial charge in [0.25, 0.3) is 0 Å². The maximum atomic E-state index is 12.8. The lowest BCUT2D eigenvalue weighted by atomic mass is 10.1. The molecule has 0 aromatic heterocycles. The molecule has 3 atom stereocenters. The van der Waals surface area contributed by atoms with Gasteiger partial charge in [0.2, 0.25) is 17.7 Å². The zero-order valence-corrected chi connectivity index (χ0v) is 20.9. The van der Waals surface area contributed by atoms with Gasteiger partial charge in [-0.15, -0.1) is 0 Å². The molecule has 2 aromatic carbocycles. The molecule has 2 aromatic rings. The summed E-state index contributed by atoms with van der Waals surface area (Å²) < 4.78 is 11.6. The van der Waals surface area contributed by atoms with E-state index < -0.39 is 34.7 Å². The van der Waals surface area contributed by atoms with E-state index in [1.807, 2.05) is 30.3 Å². The minimum absolute atomic E-state index is 0.108. The van der Waals surface area contributed by atoms with Gasteiger partial charge in [0.1, 0.15) is 11.8 Å². The predicted octanol–water partition coefficient (Wildman–Crippen LogP) is 0.333. The van der Waals surface area contributed by atoms with Crippen LogP contribution in [0.1, 0.15) is 17.5 Å². The van der Waals surface area contributed by atoms with Crippen molar-refractivity contribution in [2.45, 2.75) is 31.3 Å². The van der Waals surface area contributed by atoms with E-state index in [1.54, 1.807) is 19.2 Å². The SMILES string of the molecule is CN(CCc1ccccc1)C(=O)CNC(=O)[C@@H](CCS(C)=O)NC(=O)[C@@H](N)Cc1ccc(O)cc1. The van der Waals surface area contributed by atoms with Gasteiger partial charge in [-0.2, -0.15) is 0 Å². The minimum atomic E-state index is -1.16. The topological polar surface area (TPSA) is 142 Å². The molecule has 0 radical (unpaired) electrons. The lowest BCUT2D eigenvalue weighted by Gasteiger charge is -2.22. The van der Waals surface area contributed by atoms with Gasteiger partial charge in [-0.3, -0.25) is 18.6 Å². The average Bonchev–Trinajstić information content (AvgIpc) is 2.84. The molecule has 190 valence electrons. The first-order valence-electron chi connectivity index (χ1n) is 11.3. The van der Waals surface area contributed by atoms with Crippen molar-refractivity contribution in [3.8, 4) is 5.75 Å². The third-order valence-corrected chi connectivity index (χ3v) is 6.28. The van der Waals surface area contributed by atoms with Gasteiger partial charge in [-0.05, 0) is 42.5 Å². The number of carbonyl (C=O) groups excluding carboxylic acids is 3. The number of hydrogen-bond donors (Lipinski definition) is 4. The quantitative estimate of drug-likeness (QED) is 0.311. The number of amides is 3. The Bertz CT molecular complexity index is 1000. The maximum absolute atomic E-state index is 12.8. The highest BCUT2D eigenvalue weighted by atomic mass is 32.2. The van der Waals surface area contributed by atoms with E-state index in [9.17, 15) is 23.7 Å². The monoisotopic (exact) mass is 502 g/mol. The first kappa shape index (κ1) is 28.0. The van der Waals surface area contributed by atoms with Crippen LogP contribution in [0.4, 0.5) is 0 Å². The van der Waals surface area contributed by atoms with Crippen molar-refractivity contribution in [1.29, 1.82) is 0 Å². The first-order valence-corrected chi connectivity index (χ1v) is 13.1. The van der Waals surface area contributed by atoms with Gasteiger partial charge in [0.15, 0.2) is 0 Å². The summed E-state index contributed by atoms with van der Waals surface area (Å²) in [5, 5.41) is 14.6. The smallest absolute Gasteiger partial charge is 0.243 e. The van der Waals surface area contributed by atoms with Gasteiger partial charge < -0.3 is 26.4 Å². The summed E-state index contributed by atoms with van der Waals surface area (Å²) in [5.74, 6) is -1.02. The number of phenols is 1. The molecule has 9 nitrogen and oxygen atoms in total. The summed E-state index contributed by atoms with van der Waals surface area (Å²) >= 11 is 0. The van der Waals surface area contributed by atoms with Gasteiger partial charge in [0, 0.05) is 36.4 Å². The number of hydrogen-bond acceptors (Lipinski definition) is 6. The third kappa shape index (κ3) is 10.3. The molecule has 0 spiro atoms. The van der Waals surface area contributed by atoms with Crippen LogP contribution in [0.5, 0.6) is 5.75 Å². The third-order valence-electron chi connectivity index (χ3n) is 5.47. The van der Waals surface area contributed by atoms with Crippen LogP contribution in [-0.4, -0.2) is 76.2 Å². The Labute approximate surface area is 208 Å². The van der Waals surface area contributed by atoms with E-state index in [0.29, 0.717) is 13.0 Å². The van der Waals surface area contributed by atoms with Crippen LogP contribution in [0.15, 0.2) is 54.6 Å². The number of nitrogens with one attached hydrogen (secondary N) is 2. The lowest BCUT2D eigenvalue weighted by Crippen LogP contribution is -2.53. The number of nitrogens with zero attached hydrogens (tertiary/aromatic N) is 1. The van der Waals surface area contributed by atoms with Crippen molar-refractivity contribution >= 4 is 28.5 Å². The minimum Gasteiger partial charge on any atom is -0.508 e. The van der Waals surface area contributed by atoms with Crippen LogP contribution in [0.2, 0.25) is 0 Å². The summed E-state index contributed by atoms with van der Waals surface area (Å²) in [4.78, 5) is 39.4. The largest absolute Gasteiger partial charge is 0.508 e. The molecule has 2 rings (SSSR count). The molecular weight excluding hydrogens is 468 g/mol. The highest BCUT2D eigenvalue weighted by molar-refractivity contribution is 7.84. The number of nitrogens with two attached hydrogens (primary N) is 1. The molecule has 3 amide bonds. The molecule has 1 unspecified atom stereocenters. The molecule has 0 fully saturated rings. The molecule has 0 saturated heterocycles. The van der Waals surface area contributed by atoms with Crippen molar-refractivity contribution in [3.63, 3.8) is 0 Å². The molecule has 0 heterocycles. The molecule has 5 N–H and O–H groups in total. The fraction of sp³-hybridized carbons (Fsp3) is 0.400. The van der Waals surface area contributed by atoms with Crippen LogP contribution in [0.25, 0.3) is 0 Å². The number of rotatable bonds is 13.